The minimum absolute atomic E-state index is 0.554. The van der Waals surface area contributed by atoms with Gasteiger partial charge in [-0.2, -0.15) is 0 Å². The first kappa shape index (κ1) is 10.9. The van der Waals surface area contributed by atoms with Gasteiger partial charge < -0.3 is 0 Å². The zero-order valence-corrected chi connectivity index (χ0v) is 10.1. The van der Waals surface area contributed by atoms with Crippen LogP contribution in [0.4, 0.5) is 0 Å². The van der Waals surface area contributed by atoms with Crippen LogP contribution in [0.5, 0.6) is 0 Å². The quantitative estimate of drug-likeness (QED) is 0.718. The second-order valence-corrected chi connectivity index (χ2v) is 4.52. The van der Waals surface area contributed by atoms with E-state index < -0.39 is 0 Å². The summed E-state index contributed by atoms with van der Waals surface area (Å²) in [6.07, 6.45) is 4.46. The lowest BCUT2D eigenvalue weighted by molar-refractivity contribution is 0.271. The van der Waals surface area contributed by atoms with Crippen LogP contribution in [0.3, 0.4) is 0 Å². The molecule has 82 valence electrons. The molecule has 3 heteroatoms. The van der Waals surface area contributed by atoms with Gasteiger partial charge in [0.15, 0.2) is 0 Å². The Morgan fingerprint density at radius 1 is 1.60 bits per heavy atom. The summed E-state index contributed by atoms with van der Waals surface area (Å²) in [5.41, 5.74) is 2.40. The lowest BCUT2D eigenvalue weighted by atomic mass is 10.1. The summed E-state index contributed by atoms with van der Waals surface area (Å²) < 4.78 is 0. The number of pyridine rings is 1. The largest absolute Gasteiger partial charge is 0.297 e. The fraction of sp³-hybridized carbons (Fsp3) is 0.583. The van der Waals surface area contributed by atoms with Gasteiger partial charge in [-0.05, 0) is 50.0 Å². The molecule has 0 N–H and O–H groups in total. The highest BCUT2D eigenvalue weighted by atomic mass is 35.5. The van der Waals surface area contributed by atoms with Crippen molar-refractivity contribution in [3.63, 3.8) is 0 Å². The van der Waals surface area contributed by atoms with Crippen molar-refractivity contribution >= 4 is 11.6 Å². The van der Waals surface area contributed by atoms with E-state index in [9.17, 15) is 0 Å². The van der Waals surface area contributed by atoms with E-state index in [1.807, 2.05) is 13.1 Å². The van der Waals surface area contributed by atoms with Crippen LogP contribution in [0.15, 0.2) is 12.3 Å². The molecule has 1 unspecified atom stereocenters. The lowest BCUT2D eigenvalue weighted by Crippen LogP contribution is -2.22. The third-order valence-corrected chi connectivity index (χ3v) is 3.59. The van der Waals surface area contributed by atoms with Gasteiger partial charge in [0, 0.05) is 12.2 Å². The molecule has 2 heterocycles. The maximum absolute atomic E-state index is 5.93. The van der Waals surface area contributed by atoms with Crippen LogP contribution < -0.4 is 0 Å². The molecule has 15 heavy (non-hydrogen) atoms. The van der Waals surface area contributed by atoms with Crippen LogP contribution >= 0.6 is 11.6 Å². The van der Waals surface area contributed by atoms with E-state index in [-0.39, 0.29) is 0 Å². The van der Waals surface area contributed by atoms with Gasteiger partial charge in [0.2, 0.25) is 0 Å². The molecule has 1 fully saturated rings. The predicted octanol–water partition coefficient (Wildman–Crippen LogP) is 3.20. The maximum Gasteiger partial charge on any atom is 0.131 e. The zero-order chi connectivity index (χ0) is 10.8. The van der Waals surface area contributed by atoms with Crippen LogP contribution in [0.2, 0.25) is 5.15 Å². The van der Waals surface area contributed by atoms with Crippen molar-refractivity contribution < 1.29 is 0 Å². The third-order valence-electron chi connectivity index (χ3n) is 3.19. The minimum atomic E-state index is 0.554. The first-order valence-electron chi connectivity index (χ1n) is 5.58. The summed E-state index contributed by atoms with van der Waals surface area (Å²) in [6.45, 7) is 6.56. The van der Waals surface area contributed by atoms with E-state index in [1.54, 1.807) is 0 Å². The monoisotopic (exact) mass is 224 g/mol. The highest BCUT2D eigenvalue weighted by Gasteiger charge is 2.24. The van der Waals surface area contributed by atoms with Gasteiger partial charge in [-0.1, -0.05) is 18.5 Å². The Morgan fingerprint density at radius 3 is 3.07 bits per heavy atom. The molecule has 0 bridgehead atoms. The SMILES string of the molecule is CCN1CCCC1c1cnc(Cl)c(C)c1. The number of nitrogens with zero attached hydrogens (tertiary/aromatic N) is 2. The van der Waals surface area contributed by atoms with Crippen LogP contribution in [0.25, 0.3) is 0 Å². The minimum Gasteiger partial charge on any atom is -0.297 e. The molecule has 0 saturated carbocycles. The number of hydrogen-bond acceptors (Lipinski definition) is 2. The van der Waals surface area contributed by atoms with E-state index >= 15 is 0 Å². The van der Waals surface area contributed by atoms with Crippen molar-refractivity contribution in [1.29, 1.82) is 0 Å². The van der Waals surface area contributed by atoms with Gasteiger partial charge in [0.1, 0.15) is 5.15 Å². The first-order chi connectivity index (χ1) is 7.22. The normalized spacial score (nSPS) is 22.2. The molecule has 0 radical (unpaired) electrons. The van der Waals surface area contributed by atoms with E-state index in [4.69, 9.17) is 11.6 Å². The Hall–Kier alpha value is -0.600. The average molecular weight is 225 g/mol. The zero-order valence-electron chi connectivity index (χ0n) is 9.33. The standard InChI is InChI=1S/C12H17ClN2/c1-3-15-6-4-5-11(15)10-7-9(2)12(13)14-8-10/h7-8,11H,3-6H2,1-2H3. The molecule has 0 aliphatic carbocycles. The summed E-state index contributed by atoms with van der Waals surface area (Å²) >= 11 is 5.93. The molecular weight excluding hydrogens is 208 g/mol. The second kappa shape index (κ2) is 4.50. The highest BCUT2D eigenvalue weighted by Crippen LogP contribution is 2.32. The fourth-order valence-corrected chi connectivity index (χ4v) is 2.45. The third kappa shape index (κ3) is 2.16. The van der Waals surface area contributed by atoms with Crippen molar-refractivity contribution in [3.05, 3.63) is 28.5 Å². The molecule has 1 aromatic rings. The van der Waals surface area contributed by atoms with Crippen molar-refractivity contribution in [2.24, 2.45) is 0 Å². The molecule has 1 aliphatic heterocycles. The number of hydrogen-bond donors (Lipinski definition) is 0. The summed E-state index contributed by atoms with van der Waals surface area (Å²) in [6, 6.07) is 2.73. The van der Waals surface area contributed by atoms with Crippen LogP contribution in [0, 0.1) is 6.92 Å². The van der Waals surface area contributed by atoms with Gasteiger partial charge >= 0.3 is 0 Å². The number of aromatic nitrogens is 1. The number of likely N-dealkylation sites (tertiary alicyclic amines) is 1. The van der Waals surface area contributed by atoms with Crippen LogP contribution in [-0.2, 0) is 0 Å². The fourth-order valence-electron chi connectivity index (χ4n) is 2.34. The van der Waals surface area contributed by atoms with Crippen LogP contribution in [0.1, 0.15) is 36.9 Å². The number of rotatable bonds is 2. The highest BCUT2D eigenvalue weighted by molar-refractivity contribution is 6.30. The molecule has 2 nitrogen and oxygen atoms in total. The summed E-state index contributed by atoms with van der Waals surface area (Å²) in [4.78, 5) is 6.74. The number of halogens is 1. The Labute approximate surface area is 96.3 Å². The Kier molecular flexibility index (Phi) is 3.27. The van der Waals surface area contributed by atoms with E-state index in [2.05, 4.69) is 22.9 Å². The Bertz CT molecular complexity index is 351. The molecule has 1 aliphatic rings. The average Bonchev–Trinajstić information content (AvgIpc) is 2.70. The molecule has 1 saturated heterocycles. The van der Waals surface area contributed by atoms with Crippen molar-refractivity contribution in [3.8, 4) is 0 Å². The van der Waals surface area contributed by atoms with Crippen LogP contribution in [-0.4, -0.2) is 23.0 Å². The maximum atomic E-state index is 5.93. The molecular formula is C12H17ClN2. The predicted molar refractivity (Wildman–Crippen MR) is 63.2 cm³/mol. The van der Waals surface area contributed by atoms with Crippen molar-refractivity contribution in [2.45, 2.75) is 32.7 Å². The second-order valence-electron chi connectivity index (χ2n) is 4.16. The molecule has 0 amide bonds. The molecule has 0 spiro atoms. The molecule has 1 aromatic heterocycles. The van der Waals surface area contributed by atoms with E-state index in [1.165, 1.54) is 24.9 Å². The van der Waals surface area contributed by atoms with E-state index in [0.717, 1.165) is 12.1 Å². The van der Waals surface area contributed by atoms with Gasteiger partial charge in [0.25, 0.3) is 0 Å². The van der Waals surface area contributed by atoms with Crippen molar-refractivity contribution in [2.75, 3.05) is 13.1 Å². The summed E-state index contributed by atoms with van der Waals surface area (Å²) in [5.74, 6) is 0. The van der Waals surface area contributed by atoms with Gasteiger partial charge in [0.05, 0.1) is 0 Å². The van der Waals surface area contributed by atoms with Crippen molar-refractivity contribution in [1.82, 2.24) is 9.88 Å². The lowest BCUT2D eigenvalue weighted by Gasteiger charge is -2.23. The Morgan fingerprint density at radius 2 is 2.40 bits per heavy atom. The first-order valence-corrected chi connectivity index (χ1v) is 5.96. The van der Waals surface area contributed by atoms with E-state index in [0.29, 0.717) is 11.2 Å². The Balaban J connectivity index is 2.25. The number of aryl methyl sites for hydroxylation is 1. The molecule has 1 atom stereocenters. The molecule has 2 rings (SSSR count). The summed E-state index contributed by atoms with van der Waals surface area (Å²) in [7, 11) is 0. The van der Waals surface area contributed by atoms with Gasteiger partial charge in [-0.3, -0.25) is 4.90 Å². The smallest absolute Gasteiger partial charge is 0.131 e. The summed E-state index contributed by atoms with van der Waals surface area (Å²) in [5, 5.41) is 0.625. The molecule has 0 aromatic carbocycles. The topological polar surface area (TPSA) is 16.1 Å². The van der Waals surface area contributed by atoms with Gasteiger partial charge in [-0.15, -0.1) is 0 Å². The van der Waals surface area contributed by atoms with Gasteiger partial charge in [-0.25, -0.2) is 4.98 Å².